The number of amides is 1. The summed E-state index contributed by atoms with van der Waals surface area (Å²) in [6, 6.07) is 3.45. The molecule has 100 valence electrons. The number of ether oxygens (including phenoxy) is 1. The van der Waals surface area contributed by atoms with Gasteiger partial charge in [0.2, 0.25) is 5.88 Å². The second-order valence-corrected chi connectivity index (χ2v) is 4.20. The van der Waals surface area contributed by atoms with Crippen LogP contribution in [0.4, 0.5) is 0 Å². The summed E-state index contributed by atoms with van der Waals surface area (Å²) in [5, 5.41) is 2.87. The lowest BCUT2D eigenvalue weighted by Gasteiger charge is -2.11. The van der Waals surface area contributed by atoms with E-state index in [0.717, 1.165) is 13.0 Å². The van der Waals surface area contributed by atoms with Crippen molar-refractivity contribution >= 4 is 5.91 Å². The monoisotopic (exact) mass is 251 g/mol. The number of carbonyl (C=O) groups is 1. The average molecular weight is 251 g/mol. The topological polar surface area (TPSA) is 54.5 Å². The molecule has 5 nitrogen and oxygen atoms in total. The van der Waals surface area contributed by atoms with E-state index in [-0.39, 0.29) is 5.91 Å². The molecule has 1 amide bonds. The van der Waals surface area contributed by atoms with Gasteiger partial charge in [-0.05, 0) is 46.1 Å². The van der Waals surface area contributed by atoms with E-state index in [0.29, 0.717) is 24.6 Å². The number of pyridine rings is 1. The van der Waals surface area contributed by atoms with E-state index >= 15 is 0 Å². The van der Waals surface area contributed by atoms with E-state index in [9.17, 15) is 4.79 Å². The van der Waals surface area contributed by atoms with Gasteiger partial charge in [0.1, 0.15) is 5.56 Å². The Kier molecular flexibility index (Phi) is 6.14. The summed E-state index contributed by atoms with van der Waals surface area (Å²) in [6.07, 6.45) is 2.54. The van der Waals surface area contributed by atoms with Crippen molar-refractivity contribution in [2.75, 3.05) is 33.8 Å². The number of hydrogen-bond donors (Lipinski definition) is 1. The zero-order valence-corrected chi connectivity index (χ0v) is 11.3. The van der Waals surface area contributed by atoms with Crippen LogP contribution >= 0.6 is 0 Å². The number of rotatable bonds is 7. The molecule has 0 saturated heterocycles. The summed E-state index contributed by atoms with van der Waals surface area (Å²) in [7, 11) is 4.02. The fraction of sp³-hybridized carbons (Fsp3) is 0.538. The molecule has 1 rings (SSSR count). The molecule has 0 aliphatic rings. The van der Waals surface area contributed by atoms with Gasteiger partial charge in [0, 0.05) is 12.7 Å². The molecule has 1 aromatic rings. The third-order valence-electron chi connectivity index (χ3n) is 2.36. The Morgan fingerprint density at radius 2 is 2.28 bits per heavy atom. The van der Waals surface area contributed by atoms with Crippen molar-refractivity contribution in [2.24, 2.45) is 0 Å². The summed E-state index contributed by atoms with van der Waals surface area (Å²) < 4.78 is 5.32. The molecule has 0 atom stereocenters. The quantitative estimate of drug-likeness (QED) is 0.739. The van der Waals surface area contributed by atoms with Crippen molar-refractivity contribution in [1.29, 1.82) is 0 Å². The summed E-state index contributed by atoms with van der Waals surface area (Å²) in [6.45, 7) is 3.97. The predicted molar refractivity (Wildman–Crippen MR) is 70.9 cm³/mol. The Morgan fingerprint density at radius 3 is 2.94 bits per heavy atom. The van der Waals surface area contributed by atoms with Crippen LogP contribution in [0.1, 0.15) is 23.7 Å². The van der Waals surface area contributed by atoms with E-state index in [1.165, 1.54) is 0 Å². The third-order valence-corrected chi connectivity index (χ3v) is 2.36. The Balaban J connectivity index is 2.50. The predicted octanol–water partition coefficient (Wildman–Crippen LogP) is 1.16. The molecule has 0 fully saturated rings. The highest BCUT2D eigenvalue weighted by Crippen LogP contribution is 2.13. The van der Waals surface area contributed by atoms with Crippen LogP contribution in [0.25, 0.3) is 0 Å². The van der Waals surface area contributed by atoms with Gasteiger partial charge in [0.25, 0.3) is 5.91 Å². The second-order valence-electron chi connectivity index (χ2n) is 4.20. The van der Waals surface area contributed by atoms with Crippen LogP contribution in [0, 0.1) is 0 Å². The molecule has 1 heterocycles. The molecule has 0 aliphatic carbocycles. The Hall–Kier alpha value is -1.62. The molecule has 0 radical (unpaired) electrons. The van der Waals surface area contributed by atoms with Crippen molar-refractivity contribution in [1.82, 2.24) is 15.2 Å². The maximum atomic E-state index is 11.9. The van der Waals surface area contributed by atoms with Crippen LogP contribution in [0.15, 0.2) is 18.3 Å². The normalized spacial score (nSPS) is 10.4. The van der Waals surface area contributed by atoms with E-state index in [1.807, 2.05) is 21.0 Å². The van der Waals surface area contributed by atoms with Crippen LogP contribution in [0.5, 0.6) is 5.88 Å². The van der Waals surface area contributed by atoms with Crippen LogP contribution in [0.2, 0.25) is 0 Å². The number of aromatic nitrogens is 1. The first-order valence-electron chi connectivity index (χ1n) is 6.16. The third kappa shape index (κ3) is 4.71. The lowest BCUT2D eigenvalue weighted by Crippen LogP contribution is -2.27. The van der Waals surface area contributed by atoms with E-state index < -0.39 is 0 Å². The van der Waals surface area contributed by atoms with Gasteiger partial charge in [-0.3, -0.25) is 4.79 Å². The number of hydrogen-bond acceptors (Lipinski definition) is 4. The van der Waals surface area contributed by atoms with Crippen molar-refractivity contribution < 1.29 is 9.53 Å². The number of carbonyl (C=O) groups excluding carboxylic acids is 1. The fourth-order valence-corrected chi connectivity index (χ4v) is 1.51. The van der Waals surface area contributed by atoms with Crippen LogP contribution < -0.4 is 10.1 Å². The highest BCUT2D eigenvalue weighted by Gasteiger charge is 2.12. The minimum atomic E-state index is -0.134. The first-order chi connectivity index (χ1) is 8.65. The minimum absolute atomic E-state index is 0.134. The van der Waals surface area contributed by atoms with Crippen LogP contribution in [-0.2, 0) is 0 Å². The molecular formula is C13H21N3O2. The molecule has 0 aliphatic heterocycles. The summed E-state index contributed by atoms with van der Waals surface area (Å²) >= 11 is 0. The van der Waals surface area contributed by atoms with Gasteiger partial charge in [-0.25, -0.2) is 4.98 Å². The minimum Gasteiger partial charge on any atom is -0.477 e. The van der Waals surface area contributed by atoms with Crippen molar-refractivity contribution in [3.8, 4) is 5.88 Å². The maximum Gasteiger partial charge on any atom is 0.256 e. The molecule has 1 N–H and O–H groups in total. The molecule has 18 heavy (non-hydrogen) atoms. The van der Waals surface area contributed by atoms with E-state index in [1.54, 1.807) is 18.3 Å². The molecule has 0 saturated carbocycles. The second kappa shape index (κ2) is 7.66. The molecular weight excluding hydrogens is 230 g/mol. The summed E-state index contributed by atoms with van der Waals surface area (Å²) in [5.74, 6) is 0.260. The van der Waals surface area contributed by atoms with Crippen molar-refractivity contribution in [3.63, 3.8) is 0 Å². The Morgan fingerprint density at radius 1 is 1.50 bits per heavy atom. The zero-order valence-electron chi connectivity index (χ0n) is 11.3. The van der Waals surface area contributed by atoms with Gasteiger partial charge in [-0.15, -0.1) is 0 Å². The SMILES string of the molecule is CCOc1ncccc1C(=O)NCCCN(C)C. The lowest BCUT2D eigenvalue weighted by molar-refractivity contribution is 0.0947. The molecule has 0 aromatic carbocycles. The highest BCUT2D eigenvalue weighted by atomic mass is 16.5. The largest absolute Gasteiger partial charge is 0.477 e. The first-order valence-corrected chi connectivity index (χ1v) is 6.16. The lowest BCUT2D eigenvalue weighted by atomic mass is 10.2. The van der Waals surface area contributed by atoms with Gasteiger partial charge >= 0.3 is 0 Å². The van der Waals surface area contributed by atoms with Crippen molar-refractivity contribution in [2.45, 2.75) is 13.3 Å². The molecule has 0 bridgehead atoms. The van der Waals surface area contributed by atoms with Crippen molar-refractivity contribution in [3.05, 3.63) is 23.9 Å². The van der Waals surface area contributed by atoms with Gasteiger partial charge in [-0.1, -0.05) is 0 Å². The fourth-order valence-electron chi connectivity index (χ4n) is 1.51. The van der Waals surface area contributed by atoms with Gasteiger partial charge < -0.3 is 15.0 Å². The molecule has 0 unspecified atom stereocenters. The standard InChI is InChI=1S/C13H21N3O2/c1-4-18-13-11(7-5-8-15-13)12(17)14-9-6-10-16(2)3/h5,7-8H,4,6,9-10H2,1-3H3,(H,14,17). The first kappa shape index (κ1) is 14.4. The van der Waals surface area contributed by atoms with E-state index in [2.05, 4.69) is 15.2 Å². The van der Waals surface area contributed by atoms with Gasteiger partial charge in [0.05, 0.1) is 6.61 Å². The highest BCUT2D eigenvalue weighted by molar-refractivity contribution is 5.96. The zero-order chi connectivity index (χ0) is 13.4. The van der Waals surface area contributed by atoms with Crippen LogP contribution in [-0.4, -0.2) is 49.6 Å². The maximum absolute atomic E-state index is 11.9. The molecule has 1 aromatic heterocycles. The van der Waals surface area contributed by atoms with Crippen LogP contribution in [0.3, 0.4) is 0 Å². The number of nitrogens with one attached hydrogen (secondary N) is 1. The Bertz CT molecular complexity index is 380. The summed E-state index contributed by atoms with van der Waals surface area (Å²) in [4.78, 5) is 18.1. The molecule has 0 spiro atoms. The van der Waals surface area contributed by atoms with Gasteiger partial charge in [-0.2, -0.15) is 0 Å². The average Bonchev–Trinajstić information content (AvgIpc) is 2.35. The smallest absolute Gasteiger partial charge is 0.256 e. The van der Waals surface area contributed by atoms with Gasteiger partial charge in [0.15, 0.2) is 0 Å². The number of nitrogens with zero attached hydrogens (tertiary/aromatic N) is 2. The Labute approximate surface area is 108 Å². The molecule has 5 heteroatoms. The summed E-state index contributed by atoms with van der Waals surface area (Å²) in [5.41, 5.74) is 0.490. The van der Waals surface area contributed by atoms with E-state index in [4.69, 9.17) is 4.74 Å².